The van der Waals surface area contributed by atoms with Crippen LogP contribution in [0.4, 0.5) is 18.9 Å². The summed E-state index contributed by atoms with van der Waals surface area (Å²) in [4.78, 5) is 12.1. The Morgan fingerprint density at radius 3 is 2.12 bits per heavy atom. The van der Waals surface area contributed by atoms with Gasteiger partial charge >= 0.3 is 5.51 Å². The zero-order chi connectivity index (χ0) is 24.2. The number of phenols is 1. The molecular formula is C22H18F3NO5S2. The van der Waals surface area contributed by atoms with E-state index in [4.69, 9.17) is 4.74 Å². The van der Waals surface area contributed by atoms with Gasteiger partial charge in [0.05, 0.1) is 6.42 Å². The van der Waals surface area contributed by atoms with Crippen molar-refractivity contribution in [3.8, 4) is 17.2 Å². The number of aromatic hydroxyl groups is 1. The lowest BCUT2D eigenvalue weighted by atomic mass is 10.1. The Morgan fingerprint density at radius 1 is 1.00 bits per heavy atom. The third kappa shape index (κ3) is 7.43. The molecule has 33 heavy (non-hydrogen) atoms. The summed E-state index contributed by atoms with van der Waals surface area (Å²) in [6.45, 7) is 0. The van der Waals surface area contributed by atoms with Crippen molar-refractivity contribution in [2.24, 2.45) is 0 Å². The number of rotatable bonds is 7. The summed E-state index contributed by atoms with van der Waals surface area (Å²) in [5.41, 5.74) is -3.48. The monoisotopic (exact) mass is 497 g/mol. The summed E-state index contributed by atoms with van der Waals surface area (Å²) >= 11 is -0.209. The first-order valence-electron chi connectivity index (χ1n) is 9.34. The molecule has 0 unspecified atom stereocenters. The van der Waals surface area contributed by atoms with Gasteiger partial charge in [-0.25, -0.2) is 8.42 Å². The van der Waals surface area contributed by atoms with E-state index in [1.807, 2.05) is 0 Å². The van der Waals surface area contributed by atoms with Crippen LogP contribution < -0.4 is 10.1 Å². The minimum atomic E-state index is -4.36. The van der Waals surface area contributed by atoms with Gasteiger partial charge in [-0.15, -0.1) is 0 Å². The first-order valence-corrected chi connectivity index (χ1v) is 12.1. The molecule has 174 valence electrons. The average Bonchev–Trinajstić information content (AvgIpc) is 2.70. The molecule has 0 heterocycles. The Bertz CT molecular complexity index is 1240. The number of alkyl halides is 3. The summed E-state index contributed by atoms with van der Waals surface area (Å²) in [6, 6.07) is 15.8. The maximum atomic E-state index is 12.4. The highest BCUT2D eigenvalue weighted by molar-refractivity contribution is 8.00. The smallest absolute Gasteiger partial charge is 0.446 e. The van der Waals surface area contributed by atoms with Crippen molar-refractivity contribution in [3.63, 3.8) is 0 Å². The Kier molecular flexibility index (Phi) is 7.23. The van der Waals surface area contributed by atoms with Gasteiger partial charge in [-0.05, 0) is 71.9 Å². The van der Waals surface area contributed by atoms with Gasteiger partial charge in [0, 0.05) is 16.8 Å². The zero-order valence-electron chi connectivity index (χ0n) is 17.1. The molecule has 0 saturated carbocycles. The van der Waals surface area contributed by atoms with Gasteiger partial charge in [-0.3, -0.25) is 4.79 Å². The van der Waals surface area contributed by atoms with Crippen molar-refractivity contribution in [1.29, 1.82) is 0 Å². The largest absolute Gasteiger partial charge is 0.507 e. The summed E-state index contributed by atoms with van der Waals surface area (Å²) < 4.78 is 66.1. The second-order valence-electron chi connectivity index (χ2n) is 6.94. The lowest BCUT2D eigenvalue weighted by Crippen LogP contribution is -2.14. The van der Waals surface area contributed by atoms with Crippen LogP contribution >= 0.6 is 11.8 Å². The Balaban J connectivity index is 1.59. The van der Waals surface area contributed by atoms with Gasteiger partial charge in [-0.2, -0.15) is 13.2 Å². The van der Waals surface area contributed by atoms with Gasteiger partial charge in [-0.1, -0.05) is 12.1 Å². The fraction of sp³-hybridized carbons (Fsp3) is 0.136. The molecule has 1 amide bonds. The summed E-state index contributed by atoms with van der Waals surface area (Å²) in [5.74, 6) is -0.000800. The number of ether oxygens (including phenoxy) is 1. The molecular weight excluding hydrogens is 479 g/mol. The molecule has 0 fully saturated rings. The van der Waals surface area contributed by atoms with E-state index in [0.717, 1.165) is 6.26 Å². The van der Waals surface area contributed by atoms with Crippen molar-refractivity contribution >= 4 is 33.2 Å². The third-order valence-corrected chi connectivity index (χ3v) is 6.09. The van der Waals surface area contributed by atoms with Crippen molar-refractivity contribution < 1.29 is 36.2 Å². The van der Waals surface area contributed by atoms with E-state index in [0.29, 0.717) is 17.1 Å². The third-order valence-electron chi connectivity index (χ3n) is 4.22. The second kappa shape index (κ2) is 9.75. The van der Waals surface area contributed by atoms with Crippen molar-refractivity contribution in [1.82, 2.24) is 0 Å². The van der Waals surface area contributed by atoms with E-state index in [9.17, 15) is 31.5 Å². The van der Waals surface area contributed by atoms with Gasteiger partial charge < -0.3 is 15.2 Å². The SMILES string of the molecule is CS(=O)(=O)c1cc(NC(=O)Cc2ccc(Oc3ccc(SC(F)(F)F)cc3)cc2)ccc1O. The van der Waals surface area contributed by atoms with Crippen LogP contribution in [0.25, 0.3) is 0 Å². The van der Waals surface area contributed by atoms with Crippen LogP contribution in [0.1, 0.15) is 5.56 Å². The van der Waals surface area contributed by atoms with Crippen LogP contribution in [0.5, 0.6) is 17.2 Å². The number of halogens is 3. The van der Waals surface area contributed by atoms with Gasteiger partial charge in [0.2, 0.25) is 5.91 Å². The molecule has 2 N–H and O–H groups in total. The van der Waals surface area contributed by atoms with Crippen LogP contribution in [0.3, 0.4) is 0 Å². The number of nitrogens with one attached hydrogen (secondary N) is 1. The Hall–Kier alpha value is -3.18. The van der Waals surface area contributed by atoms with E-state index < -0.39 is 27.0 Å². The number of benzene rings is 3. The number of hydrogen-bond donors (Lipinski definition) is 2. The molecule has 0 aliphatic heterocycles. The predicted octanol–water partition coefficient (Wildman–Crippen LogP) is 5.38. The van der Waals surface area contributed by atoms with E-state index in [1.165, 1.54) is 42.5 Å². The van der Waals surface area contributed by atoms with E-state index >= 15 is 0 Å². The fourth-order valence-electron chi connectivity index (χ4n) is 2.80. The Labute approximate surface area is 192 Å². The molecule has 0 aliphatic carbocycles. The molecule has 3 rings (SSSR count). The Morgan fingerprint density at radius 2 is 1.58 bits per heavy atom. The molecule has 6 nitrogen and oxygen atoms in total. The molecule has 0 spiro atoms. The first kappa shape index (κ1) is 24.5. The van der Waals surface area contributed by atoms with Crippen molar-refractivity contribution in [2.45, 2.75) is 21.7 Å². The predicted molar refractivity (Wildman–Crippen MR) is 118 cm³/mol. The number of carbonyl (C=O) groups is 1. The summed E-state index contributed by atoms with van der Waals surface area (Å²) in [7, 11) is -3.66. The molecule has 11 heteroatoms. The van der Waals surface area contributed by atoms with Gasteiger partial charge in [0.15, 0.2) is 9.84 Å². The average molecular weight is 498 g/mol. The molecule has 0 saturated heterocycles. The van der Waals surface area contributed by atoms with Crippen molar-refractivity contribution in [2.75, 3.05) is 11.6 Å². The zero-order valence-corrected chi connectivity index (χ0v) is 18.7. The lowest BCUT2D eigenvalue weighted by Gasteiger charge is -2.10. The maximum Gasteiger partial charge on any atom is 0.446 e. The first-order chi connectivity index (χ1) is 15.4. The number of phenolic OH excluding ortho intramolecular Hbond substituents is 1. The fourth-order valence-corrected chi connectivity index (χ4v) is 4.13. The molecule has 0 atom stereocenters. The second-order valence-corrected chi connectivity index (χ2v) is 10.1. The highest BCUT2D eigenvalue weighted by Gasteiger charge is 2.29. The highest BCUT2D eigenvalue weighted by Crippen LogP contribution is 2.37. The summed E-state index contributed by atoms with van der Waals surface area (Å²) in [6.07, 6.45) is 0.950. The number of thioether (sulfide) groups is 1. The highest BCUT2D eigenvalue weighted by atomic mass is 32.2. The maximum absolute atomic E-state index is 12.4. The molecule has 0 aromatic heterocycles. The van der Waals surface area contributed by atoms with Crippen molar-refractivity contribution in [3.05, 3.63) is 72.3 Å². The van der Waals surface area contributed by atoms with Crippen LogP contribution in [0.2, 0.25) is 0 Å². The summed E-state index contributed by atoms with van der Waals surface area (Å²) in [5, 5.41) is 12.3. The van der Waals surface area contributed by atoms with E-state index in [2.05, 4.69) is 5.32 Å². The minimum Gasteiger partial charge on any atom is -0.507 e. The van der Waals surface area contributed by atoms with Crippen LogP contribution in [-0.2, 0) is 21.1 Å². The standard InChI is InChI=1S/C22H18F3NO5S2/c1-33(29,30)20-13-15(4-11-19(20)27)26-21(28)12-14-2-5-16(6-3-14)31-17-7-9-18(10-8-17)32-22(23,24)25/h2-11,13,27H,12H2,1H3,(H,26,28). The molecule has 3 aromatic rings. The number of sulfone groups is 1. The molecule has 0 radical (unpaired) electrons. The molecule has 0 aliphatic rings. The molecule has 3 aromatic carbocycles. The van der Waals surface area contributed by atoms with E-state index in [1.54, 1.807) is 24.3 Å². The normalized spacial score (nSPS) is 11.8. The van der Waals surface area contributed by atoms with Crippen LogP contribution in [0, 0.1) is 0 Å². The molecule has 0 bridgehead atoms. The van der Waals surface area contributed by atoms with Crippen LogP contribution in [-0.4, -0.2) is 31.2 Å². The van der Waals surface area contributed by atoms with Gasteiger partial charge in [0.25, 0.3) is 0 Å². The lowest BCUT2D eigenvalue weighted by molar-refractivity contribution is -0.115. The number of anilines is 1. The number of amides is 1. The quantitative estimate of drug-likeness (QED) is 0.336. The number of carbonyl (C=O) groups excluding carboxylic acids is 1. The topological polar surface area (TPSA) is 92.7 Å². The minimum absolute atomic E-state index is 0.00126. The number of hydrogen-bond acceptors (Lipinski definition) is 6. The van der Waals surface area contributed by atoms with Gasteiger partial charge in [0.1, 0.15) is 22.1 Å². The van der Waals surface area contributed by atoms with E-state index in [-0.39, 0.29) is 33.7 Å². The van der Waals surface area contributed by atoms with Crippen LogP contribution in [0.15, 0.2) is 76.5 Å².